The van der Waals surface area contributed by atoms with E-state index in [1.807, 2.05) is 18.2 Å². The Morgan fingerprint density at radius 3 is 3.06 bits per heavy atom. The first-order chi connectivity index (χ1) is 7.81. The predicted octanol–water partition coefficient (Wildman–Crippen LogP) is 3.00. The fourth-order valence-corrected chi connectivity index (χ4v) is 2.09. The van der Waals surface area contributed by atoms with E-state index in [4.69, 9.17) is 4.74 Å². The lowest BCUT2D eigenvalue weighted by molar-refractivity contribution is -0.124. The Morgan fingerprint density at radius 1 is 1.44 bits per heavy atom. The maximum Gasteiger partial charge on any atom is 0.139 e. The van der Waals surface area contributed by atoms with Gasteiger partial charge in [-0.3, -0.25) is 4.79 Å². The van der Waals surface area contributed by atoms with Gasteiger partial charge >= 0.3 is 0 Å². The van der Waals surface area contributed by atoms with E-state index in [-0.39, 0.29) is 5.92 Å². The van der Waals surface area contributed by atoms with Gasteiger partial charge in [0, 0.05) is 6.42 Å². The van der Waals surface area contributed by atoms with Crippen LogP contribution in [0.25, 0.3) is 0 Å². The van der Waals surface area contributed by atoms with Crippen LogP contribution in [0.15, 0.2) is 24.3 Å². The van der Waals surface area contributed by atoms with Crippen molar-refractivity contribution in [2.24, 2.45) is 5.92 Å². The summed E-state index contributed by atoms with van der Waals surface area (Å²) in [6.45, 7) is 2.67. The molecule has 1 aromatic rings. The molecule has 1 aliphatic heterocycles. The molecule has 86 valence electrons. The summed E-state index contributed by atoms with van der Waals surface area (Å²) in [4.78, 5) is 11.9. The van der Waals surface area contributed by atoms with Gasteiger partial charge in [-0.15, -0.1) is 0 Å². The Kier molecular flexibility index (Phi) is 3.60. The van der Waals surface area contributed by atoms with Gasteiger partial charge in [-0.25, -0.2) is 0 Å². The number of unbranched alkanes of at least 4 members (excludes halogenated alkanes) is 1. The Labute approximate surface area is 96.6 Å². The maximum absolute atomic E-state index is 11.9. The predicted molar refractivity (Wildman–Crippen MR) is 63.7 cm³/mol. The molecule has 0 aromatic heterocycles. The minimum Gasteiger partial charge on any atom is -0.493 e. The summed E-state index contributed by atoms with van der Waals surface area (Å²) in [6, 6.07) is 8.00. The highest BCUT2D eigenvalue weighted by molar-refractivity contribution is 5.81. The van der Waals surface area contributed by atoms with Gasteiger partial charge in [-0.2, -0.15) is 0 Å². The second-order valence-electron chi connectivity index (χ2n) is 4.39. The van der Waals surface area contributed by atoms with Gasteiger partial charge < -0.3 is 4.74 Å². The molecule has 0 radical (unpaired) electrons. The number of carbonyl (C=O) groups excluding carboxylic acids is 1. The second kappa shape index (κ2) is 5.15. The highest BCUT2D eigenvalue weighted by Crippen LogP contribution is 2.27. The quantitative estimate of drug-likeness (QED) is 0.776. The summed E-state index contributed by atoms with van der Waals surface area (Å²) in [5.74, 6) is 1.37. The fraction of sp³-hybridized carbons (Fsp3) is 0.500. The van der Waals surface area contributed by atoms with Gasteiger partial charge in [0.25, 0.3) is 0 Å². The van der Waals surface area contributed by atoms with Crippen LogP contribution in [-0.4, -0.2) is 12.4 Å². The van der Waals surface area contributed by atoms with Crippen molar-refractivity contribution in [1.29, 1.82) is 0 Å². The van der Waals surface area contributed by atoms with E-state index in [9.17, 15) is 4.79 Å². The van der Waals surface area contributed by atoms with Crippen molar-refractivity contribution < 1.29 is 9.53 Å². The molecule has 0 fully saturated rings. The number of hydrogen-bond donors (Lipinski definition) is 0. The highest BCUT2D eigenvalue weighted by atomic mass is 16.5. The molecule has 1 unspecified atom stereocenters. The molecule has 2 rings (SSSR count). The number of fused-ring (bicyclic) bond motifs is 1. The highest BCUT2D eigenvalue weighted by Gasteiger charge is 2.24. The Balaban J connectivity index is 1.99. The number of Topliss-reactive ketones (excluding diaryl/α,β-unsaturated/α-hetero) is 1. The van der Waals surface area contributed by atoms with Crippen molar-refractivity contribution in [1.82, 2.24) is 0 Å². The van der Waals surface area contributed by atoms with Crippen molar-refractivity contribution in [3.8, 4) is 5.75 Å². The molecule has 2 nitrogen and oxygen atoms in total. The fourth-order valence-electron chi connectivity index (χ4n) is 2.09. The average Bonchev–Trinajstić information content (AvgIpc) is 2.35. The zero-order valence-corrected chi connectivity index (χ0v) is 9.74. The van der Waals surface area contributed by atoms with E-state index < -0.39 is 0 Å². The van der Waals surface area contributed by atoms with Crippen LogP contribution in [0.1, 0.15) is 31.7 Å². The maximum atomic E-state index is 11.9. The van der Waals surface area contributed by atoms with Crippen LogP contribution < -0.4 is 4.74 Å². The summed E-state index contributed by atoms with van der Waals surface area (Å²) < 4.78 is 5.62. The van der Waals surface area contributed by atoms with Crippen LogP contribution in [0.4, 0.5) is 0 Å². The van der Waals surface area contributed by atoms with Gasteiger partial charge in [0.15, 0.2) is 0 Å². The second-order valence-corrected chi connectivity index (χ2v) is 4.39. The normalized spacial score (nSPS) is 18.7. The van der Waals surface area contributed by atoms with E-state index in [0.29, 0.717) is 18.8 Å². The minimum absolute atomic E-state index is 0.0708. The van der Waals surface area contributed by atoms with E-state index in [1.54, 1.807) is 0 Å². The first-order valence-electron chi connectivity index (χ1n) is 6.04. The Morgan fingerprint density at radius 2 is 2.25 bits per heavy atom. The number of ketones is 1. The molecular weight excluding hydrogens is 200 g/mol. The molecule has 0 amide bonds. The smallest absolute Gasteiger partial charge is 0.139 e. The lowest BCUT2D eigenvalue weighted by Gasteiger charge is -2.24. The van der Waals surface area contributed by atoms with E-state index >= 15 is 0 Å². The van der Waals surface area contributed by atoms with Crippen LogP contribution in [0.5, 0.6) is 5.75 Å². The summed E-state index contributed by atoms with van der Waals surface area (Å²) >= 11 is 0. The van der Waals surface area contributed by atoms with Crippen molar-refractivity contribution in [3.05, 3.63) is 29.8 Å². The van der Waals surface area contributed by atoms with Crippen molar-refractivity contribution in [2.75, 3.05) is 6.61 Å². The minimum atomic E-state index is 0.0708. The number of rotatable bonds is 4. The first kappa shape index (κ1) is 11.2. The van der Waals surface area contributed by atoms with Gasteiger partial charge in [0.2, 0.25) is 0 Å². The average molecular weight is 218 g/mol. The van der Waals surface area contributed by atoms with Gasteiger partial charge in [-0.05, 0) is 24.5 Å². The van der Waals surface area contributed by atoms with Crippen LogP contribution in [0.3, 0.4) is 0 Å². The van der Waals surface area contributed by atoms with Gasteiger partial charge in [-0.1, -0.05) is 31.5 Å². The topological polar surface area (TPSA) is 26.3 Å². The zero-order chi connectivity index (χ0) is 11.4. The van der Waals surface area contributed by atoms with Gasteiger partial charge in [0.1, 0.15) is 11.5 Å². The van der Waals surface area contributed by atoms with Crippen molar-refractivity contribution >= 4 is 5.78 Å². The number of carbonyl (C=O) groups is 1. The monoisotopic (exact) mass is 218 g/mol. The van der Waals surface area contributed by atoms with Gasteiger partial charge in [0.05, 0.1) is 12.5 Å². The summed E-state index contributed by atoms with van der Waals surface area (Å²) in [5, 5.41) is 0. The van der Waals surface area contributed by atoms with E-state index in [0.717, 1.165) is 25.0 Å². The molecule has 16 heavy (non-hydrogen) atoms. The van der Waals surface area contributed by atoms with Crippen LogP contribution in [0, 0.1) is 5.92 Å². The van der Waals surface area contributed by atoms with Crippen molar-refractivity contribution in [3.63, 3.8) is 0 Å². The molecule has 1 aromatic carbocycles. The molecule has 0 N–H and O–H groups in total. The SMILES string of the molecule is CCCCC(=O)C1COc2ccccc2C1. The molecule has 0 saturated heterocycles. The molecular formula is C14H18O2. The van der Waals surface area contributed by atoms with E-state index in [2.05, 4.69) is 13.0 Å². The molecule has 0 aliphatic carbocycles. The third-order valence-corrected chi connectivity index (χ3v) is 3.11. The molecule has 2 heteroatoms. The lowest BCUT2D eigenvalue weighted by atomic mass is 9.91. The number of hydrogen-bond acceptors (Lipinski definition) is 2. The zero-order valence-electron chi connectivity index (χ0n) is 9.74. The molecule has 1 heterocycles. The van der Waals surface area contributed by atoms with E-state index in [1.165, 1.54) is 5.56 Å². The summed E-state index contributed by atoms with van der Waals surface area (Å²) in [7, 11) is 0. The third kappa shape index (κ3) is 2.43. The van der Waals surface area contributed by atoms with Crippen LogP contribution in [0.2, 0.25) is 0 Å². The Hall–Kier alpha value is -1.31. The van der Waals surface area contributed by atoms with Crippen molar-refractivity contribution in [2.45, 2.75) is 32.6 Å². The largest absolute Gasteiger partial charge is 0.493 e. The van der Waals surface area contributed by atoms with Crippen LogP contribution in [-0.2, 0) is 11.2 Å². The third-order valence-electron chi connectivity index (χ3n) is 3.11. The summed E-state index contributed by atoms with van der Waals surface area (Å²) in [5.41, 5.74) is 1.17. The lowest BCUT2D eigenvalue weighted by Crippen LogP contribution is -2.28. The molecule has 1 atom stereocenters. The molecule has 0 bridgehead atoms. The molecule has 0 saturated carbocycles. The standard InChI is InChI=1S/C14H18O2/c1-2-3-7-13(15)12-9-11-6-4-5-8-14(11)16-10-12/h4-6,8,12H,2-3,7,9-10H2,1H3. The summed E-state index contributed by atoms with van der Waals surface area (Å²) in [6.07, 6.45) is 3.62. The number of benzene rings is 1. The Bertz CT molecular complexity index is 371. The molecule has 1 aliphatic rings. The van der Waals surface area contributed by atoms with Crippen LogP contribution >= 0.6 is 0 Å². The molecule has 0 spiro atoms. The number of para-hydroxylation sites is 1. The first-order valence-corrected chi connectivity index (χ1v) is 6.04. The number of ether oxygens (including phenoxy) is 1.